The number of benzene rings is 1. The summed E-state index contributed by atoms with van der Waals surface area (Å²) in [4.78, 5) is 0. The Morgan fingerprint density at radius 2 is 1.70 bits per heavy atom. The van der Waals surface area contributed by atoms with Gasteiger partial charge in [0.05, 0.1) is 6.10 Å². The van der Waals surface area contributed by atoms with Crippen molar-refractivity contribution in [1.82, 2.24) is 0 Å². The van der Waals surface area contributed by atoms with Crippen molar-refractivity contribution in [2.24, 2.45) is 29.6 Å². The van der Waals surface area contributed by atoms with Crippen molar-refractivity contribution in [3.8, 4) is 5.75 Å². The van der Waals surface area contributed by atoms with Crippen LogP contribution in [0.3, 0.4) is 0 Å². The van der Waals surface area contributed by atoms with E-state index in [9.17, 15) is 0 Å². The molecular weight excluding hydrogens is 332 g/mol. The van der Waals surface area contributed by atoms with Crippen molar-refractivity contribution in [1.29, 1.82) is 0 Å². The predicted molar refractivity (Wildman–Crippen MR) is 111 cm³/mol. The normalized spacial score (nSPS) is 33.5. The monoisotopic (exact) mass is 370 g/mol. The third kappa shape index (κ3) is 3.67. The lowest BCUT2D eigenvalue weighted by molar-refractivity contribution is -0.162. The van der Waals surface area contributed by atoms with Crippen LogP contribution in [0.25, 0.3) is 0 Å². The minimum absolute atomic E-state index is 0.140. The summed E-state index contributed by atoms with van der Waals surface area (Å²) in [6, 6.07) is 8.69. The Morgan fingerprint density at radius 3 is 2.37 bits per heavy atom. The molecule has 150 valence electrons. The molecule has 0 aliphatic heterocycles. The van der Waals surface area contributed by atoms with Crippen molar-refractivity contribution in [2.45, 2.75) is 91.0 Å². The summed E-state index contributed by atoms with van der Waals surface area (Å²) in [5, 5.41) is 0. The second-order valence-electron chi connectivity index (χ2n) is 10.3. The first-order chi connectivity index (χ1) is 12.9. The van der Waals surface area contributed by atoms with E-state index >= 15 is 0 Å². The van der Waals surface area contributed by atoms with Gasteiger partial charge in [-0.1, -0.05) is 53.2 Å². The van der Waals surface area contributed by atoms with E-state index in [-0.39, 0.29) is 11.7 Å². The van der Waals surface area contributed by atoms with Crippen LogP contribution in [0, 0.1) is 29.6 Å². The molecule has 1 aromatic carbocycles. The molecule has 2 heteroatoms. The van der Waals surface area contributed by atoms with Gasteiger partial charge < -0.3 is 9.47 Å². The molecule has 2 bridgehead atoms. The first kappa shape index (κ1) is 19.3. The van der Waals surface area contributed by atoms with Gasteiger partial charge >= 0.3 is 0 Å². The highest BCUT2D eigenvalue weighted by Crippen LogP contribution is 2.59. The summed E-state index contributed by atoms with van der Waals surface area (Å²) in [6.07, 6.45) is 8.45. The van der Waals surface area contributed by atoms with Gasteiger partial charge in [0.25, 0.3) is 0 Å². The number of fused-ring (bicyclic) bond motifs is 5. The van der Waals surface area contributed by atoms with E-state index in [1.807, 2.05) is 0 Å². The Hall–Kier alpha value is -1.02. The van der Waals surface area contributed by atoms with Gasteiger partial charge in [-0.05, 0) is 78.9 Å². The van der Waals surface area contributed by atoms with Crippen molar-refractivity contribution >= 4 is 0 Å². The Bertz CT molecular complexity index is 632. The van der Waals surface area contributed by atoms with Gasteiger partial charge in [-0.15, -0.1) is 0 Å². The highest BCUT2D eigenvalue weighted by atomic mass is 16.7. The third-order valence-electron chi connectivity index (χ3n) is 7.99. The van der Waals surface area contributed by atoms with Gasteiger partial charge in [-0.2, -0.15) is 0 Å². The first-order valence-corrected chi connectivity index (χ1v) is 11.3. The summed E-state index contributed by atoms with van der Waals surface area (Å²) < 4.78 is 13.0. The van der Waals surface area contributed by atoms with Gasteiger partial charge in [0, 0.05) is 5.92 Å². The van der Waals surface area contributed by atoms with Crippen molar-refractivity contribution in [2.75, 3.05) is 0 Å². The van der Waals surface area contributed by atoms with Gasteiger partial charge in [0.1, 0.15) is 5.75 Å². The molecule has 0 heterocycles. The zero-order chi connectivity index (χ0) is 19.2. The van der Waals surface area contributed by atoms with E-state index in [1.165, 1.54) is 37.7 Å². The van der Waals surface area contributed by atoms with Crippen LogP contribution in [0.5, 0.6) is 5.75 Å². The molecule has 4 rings (SSSR count). The highest BCUT2D eigenvalue weighted by molar-refractivity contribution is 5.31. The molecular formula is C25H38O2. The standard InChI is InChI=1S/C25H38O2/c1-6-25(4,5)18-10-12-19(13-11-18)26-24(16(2)3)27-23-15-17-14-22(23)21-9-7-8-20(17)21/h10-13,16-17,20-24H,6-9,14-15H2,1-5H3. The van der Waals surface area contributed by atoms with Gasteiger partial charge in [0.15, 0.2) is 0 Å². The van der Waals surface area contributed by atoms with Crippen molar-refractivity contribution < 1.29 is 9.47 Å². The Balaban J connectivity index is 1.40. The highest BCUT2D eigenvalue weighted by Gasteiger charge is 2.54. The molecule has 0 radical (unpaired) electrons. The fourth-order valence-corrected chi connectivity index (χ4v) is 5.98. The lowest BCUT2D eigenvalue weighted by Crippen LogP contribution is -2.37. The van der Waals surface area contributed by atoms with E-state index in [2.05, 4.69) is 58.9 Å². The maximum Gasteiger partial charge on any atom is 0.202 e. The Labute approximate surface area is 166 Å². The third-order valence-corrected chi connectivity index (χ3v) is 7.99. The zero-order valence-corrected chi connectivity index (χ0v) is 17.9. The topological polar surface area (TPSA) is 18.5 Å². The van der Waals surface area contributed by atoms with Crippen LogP contribution in [0.2, 0.25) is 0 Å². The summed E-state index contributed by atoms with van der Waals surface area (Å²) in [6.45, 7) is 11.3. The molecule has 0 aromatic heterocycles. The average Bonchev–Trinajstić information content (AvgIpc) is 3.34. The lowest BCUT2D eigenvalue weighted by Gasteiger charge is -2.35. The zero-order valence-electron chi connectivity index (χ0n) is 17.9. The smallest absolute Gasteiger partial charge is 0.202 e. The van der Waals surface area contributed by atoms with E-state index in [0.29, 0.717) is 12.0 Å². The summed E-state index contributed by atoms with van der Waals surface area (Å²) >= 11 is 0. The maximum absolute atomic E-state index is 6.62. The molecule has 3 aliphatic carbocycles. The van der Waals surface area contributed by atoms with Crippen molar-refractivity contribution in [3.63, 3.8) is 0 Å². The number of rotatable bonds is 7. The Kier molecular flexibility index (Phi) is 5.31. The van der Waals surface area contributed by atoms with E-state index < -0.39 is 0 Å². The fraction of sp³-hybridized carbons (Fsp3) is 0.760. The van der Waals surface area contributed by atoms with Gasteiger partial charge in [-0.25, -0.2) is 0 Å². The molecule has 2 nitrogen and oxygen atoms in total. The lowest BCUT2D eigenvalue weighted by atomic mass is 9.80. The SMILES string of the molecule is CCC(C)(C)c1ccc(OC(OC2CC3CC2C2CCCC32)C(C)C)cc1. The van der Waals surface area contributed by atoms with Crippen LogP contribution in [0.4, 0.5) is 0 Å². The van der Waals surface area contributed by atoms with Crippen LogP contribution in [-0.2, 0) is 10.2 Å². The Morgan fingerprint density at radius 1 is 1.00 bits per heavy atom. The molecule has 3 saturated carbocycles. The molecule has 0 spiro atoms. The van der Waals surface area contributed by atoms with Crippen molar-refractivity contribution in [3.05, 3.63) is 29.8 Å². The molecule has 1 aromatic rings. The minimum Gasteiger partial charge on any atom is -0.465 e. The van der Waals surface area contributed by atoms with Crippen LogP contribution in [0.1, 0.15) is 78.7 Å². The first-order valence-electron chi connectivity index (χ1n) is 11.3. The molecule has 0 N–H and O–H groups in total. The molecule has 0 saturated heterocycles. The largest absolute Gasteiger partial charge is 0.465 e. The quantitative estimate of drug-likeness (QED) is 0.505. The summed E-state index contributed by atoms with van der Waals surface area (Å²) in [5.41, 5.74) is 1.59. The van der Waals surface area contributed by atoms with E-state index in [0.717, 1.165) is 35.8 Å². The second-order valence-corrected chi connectivity index (χ2v) is 10.3. The van der Waals surface area contributed by atoms with Gasteiger partial charge in [-0.3, -0.25) is 0 Å². The molecule has 3 fully saturated rings. The van der Waals surface area contributed by atoms with Crippen LogP contribution >= 0.6 is 0 Å². The molecule has 0 amide bonds. The number of hydrogen-bond acceptors (Lipinski definition) is 2. The van der Waals surface area contributed by atoms with Crippen LogP contribution in [0.15, 0.2) is 24.3 Å². The second kappa shape index (κ2) is 7.43. The van der Waals surface area contributed by atoms with Gasteiger partial charge in [0.2, 0.25) is 6.29 Å². The molecule has 27 heavy (non-hydrogen) atoms. The van der Waals surface area contributed by atoms with E-state index in [1.54, 1.807) is 0 Å². The number of hydrogen-bond donors (Lipinski definition) is 0. The van der Waals surface area contributed by atoms with E-state index in [4.69, 9.17) is 9.47 Å². The summed E-state index contributed by atoms with van der Waals surface area (Å²) in [5.74, 6) is 4.97. The molecule has 6 atom stereocenters. The number of ether oxygens (including phenoxy) is 2. The minimum atomic E-state index is -0.140. The van der Waals surface area contributed by atoms with Crippen LogP contribution < -0.4 is 4.74 Å². The molecule has 6 unspecified atom stereocenters. The fourth-order valence-electron chi connectivity index (χ4n) is 5.98. The van der Waals surface area contributed by atoms with Crippen LogP contribution in [-0.4, -0.2) is 12.4 Å². The molecule has 3 aliphatic rings. The average molecular weight is 371 g/mol. The predicted octanol–water partition coefficient (Wildman–Crippen LogP) is 6.58. The summed E-state index contributed by atoms with van der Waals surface area (Å²) in [7, 11) is 0. The maximum atomic E-state index is 6.62.